The molecular weight excluding hydrogens is 431 g/mol. The predicted molar refractivity (Wildman–Crippen MR) is 105 cm³/mol. The summed E-state index contributed by atoms with van der Waals surface area (Å²) in [7, 11) is 0. The minimum Gasteiger partial charge on any atom is -0.475 e. The number of nitrogens with zero attached hydrogens (tertiary/aromatic N) is 3. The van der Waals surface area contributed by atoms with E-state index in [0.717, 1.165) is 55.6 Å². The summed E-state index contributed by atoms with van der Waals surface area (Å²) in [5.74, 6) is 0.0515. The Labute approximate surface area is 182 Å². The molecule has 0 spiro atoms. The molecule has 0 amide bonds. The van der Waals surface area contributed by atoms with Gasteiger partial charge in [0.05, 0.1) is 37.1 Å². The number of carbonyl (C=O) groups is 1. The van der Waals surface area contributed by atoms with Gasteiger partial charge in [-0.05, 0) is 37.6 Å². The third-order valence-electron chi connectivity index (χ3n) is 4.76. The van der Waals surface area contributed by atoms with Gasteiger partial charge >= 0.3 is 12.1 Å². The van der Waals surface area contributed by atoms with Crippen molar-refractivity contribution in [2.75, 3.05) is 6.54 Å². The Morgan fingerprint density at radius 1 is 1.22 bits per heavy atom. The molecule has 8 nitrogen and oxygen atoms in total. The standard InChI is InChI=1S/C19H23N3O3.C2HF3O2/c1-15-5-6-16(25-15)10-21-7-3-8-22-14-20-18(19(22)11-21)13-23-12-17-4-2-9-24-17;3-2(4,5)1(6)7/h2,4-6,9,14H,3,7-8,10-13H2,1H3;(H,6,7). The van der Waals surface area contributed by atoms with Crippen LogP contribution in [0.3, 0.4) is 0 Å². The predicted octanol–water partition coefficient (Wildman–Crippen LogP) is 4.13. The minimum absolute atomic E-state index is 0.467. The SMILES string of the molecule is Cc1ccc(CN2CCCn3cnc(COCc4ccco4)c3C2)o1.O=C(O)C(F)(F)F. The maximum absolute atomic E-state index is 10.6. The molecule has 0 aromatic carbocycles. The van der Waals surface area contributed by atoms with Gasteiger partial charge in [-0.15, -0.1) is 0 Å². The van der Waals surface area contributed by atoms with Gasteiger partial charge in [0.2, 0.25) is 0 Å². The zero-order valence-corrected chi connectivity index (χ0v) is 17.5. The van der Waals surface area contributed by atoms with Gasteiger partial charge in [-0.1, -0.05) is 0 Å². The normalized spacial score (nSPS) is 14.4. The molecule has 0 aliphatic carbocycles. The lowest BCUT2D eigenvalue weighted by molar-refractivity contribution is -0.192. The number of furan rings is 2. The number of carboxylic acids is 1. The molecule has 0 unspecified atom stereocenters. The van der Waals surface area contributed by atoms with Crippen LogP contribution in [0.5, 0.6) is 0 Å². The Morgan fingerprint density at radius 3 is 2.62 bits per heavy atom. The van der Waals surface area contributed by atoms with Crippen LogP contribution in [0.15, 0.2) is 45.7 Å². The highest BCUT2D eigenvalue weighted by Crippen LogP contribution is 2.20. The summed E-state index contributed by atoms with van der Waals surface area (Å²) in [4.78, 5) is 15.9. The molecule has 0 fully saturated rings. The van der Waals surface area contributed by atoms with E-state index in [0.29, 0.717) is 13.2 Å². The van der Waals surface area contributed by atoms with Crippen LogP contribution in [0.2, 0.25) is 0 Å². The Bertz CT molecular complexity index is 995. The highest BCUT2D eigenvalue weighted by atomic mass is 19.4. The Hall–Kier alpha value is -3.05. The summed E-state index contributed by atoms with van der Waals surface area (Å²) in [5, 5.41) is 7.12. The number of fused-ring (bicyclic) bond motifs is 1. The number of aromatic nitrogens is 2. The molecule has 0 atom stereocenters. The Kier molecular flexibility index (Phi) is 7.75. The first-order valence-corrected chi connectivity index (χ1v) is 9.93. The van der Waals surface area contributed by atoms with E-state index in [1.54, 1.807) is 6.26 Å². The van der Waals surface area contributed by atoms with Gasteiger partial charge in [-0.2, -0.15) is 13.2 Å². The van der Waals surface area contributed by atoms with Crippen molar-refractivity contribution in [3.63, 3.8) is 0 Å². The lowest BCUT2D eigenvalue weighted by Crippen LogP contribution is -2.23. The van der Waals surface area contributed by atoms with Gasteiger partial charge < -0.3 is 23.2 Å². The summed E-state index contributed by atoms with van der Waals surface area (Å²) < 4.78 is 50.8. The van der Waals surface area contributed by atoms with E-state index < -0.39 is 12.1 Å². The average molecular weight is 455 g/mol. The van der Waals surface area contributed by atoms with Crippen LogP contribution in [0, 0.1) is 6.92 Å². The lowest BCUT2D eigenvalue weighted by atomic mass is 10.3. The van der Waals surface area contributed by atoms with Gasteiger partial charge in [-0.3, -0.25) is 4.90 Å². The van der Waals surface area contributed by atoms with E-state index >= 15 is 0 Å². The fourth-order valence-corrected chi connectivity index (χ4v) is 3.27. The molecule has 4 heterocycles. The Morgan fingerprint density at radius 2 is 2.00 bits per heavy atom. The summed E-state index contributed by atoms with van der Waals surface area (Å²) in [6, 6.07) is 7.87. The molecule has 11 heteroatoms. The number of carboxylic acid groups (broad SMARTS) is 1. The number of rotatable bonds is 6. The zero-order valence-electron chi connectivity index (χ0n) is 17.5. The number of aliphatic carboxylic acids is 1. The highest BCUT2D eigenvalue weighted by molar-refractivity contribution is 5.73. The van der Waals surface area contributed by atoms with Crippen molar-refractivity contribution in [3.8, 4) is 0 Å². The molecule has 3 aromatic heterocycles. The summed E-state index contributed by atoms with van der Waals surface area (Å²) in [5.41, 5.74) is 2.24. The molecule has 1 aliphatic rings. The maximum Gasteiger partial charge on any atom is 0.490 e. The minimum atomic E-state index is -5.08. The van der Waals surface area contributed by atoms with Crippen LogP contribution in [-0.2, 0) is 42.4 Å². The fourth-order valence-electron chi connectivity index (χ4n) is 3.27. The molecule has 4 rings (SSSR count). The van der Waals surface area contributed by atoms with Crippen molar-refractivity contribution in [1.29, 1.82) is 0 Å². The second-order valence-electron chi connectivity index (χ2n) is 7.28. The van der Waals surface area contributed by atoms with E-state index in [1.807, 2.05) is 31.5 Å². The molecule has 1 aliphatic heterocycles. The van der Waals surface area contributed by atoms with E-state index in [1.165, 1.54) is 5.69 Å². The number of alkyl halides is 3. The number of imidazole rings is 1. The molecular formula is C21H24F3N3O5. The van der Waals surface area contributed by atoms with Gasteiger partial charge in [0.15, 0.2) is 0 Å². The molecule has 1 N–H and O–H groups in total. The largest absolute Gasteiger partial charge is 0.490 e. The van der Waals surface area contributed by atoms with E-state index in [4.69, 9.17) is 23.5 Å². The fraction of sp³-hybridized carbons (Fsp3) is 0.429. The van der Waals surface area contributed by atoms with Crippen molar-refractivity contribution in [2.24, 2.45) is 0 Å². The second kappa shape index (κ2) is 10.5. The zero-order chi connectivity index (χ0) is 23.1. The smallest absolute Gasteiger partial charge is 0.475 e. The van der Waals surface area contributed by atoms with Crippen LogP contribution in [-0.4, -0.2) is 38.2 Å². The summed E-state index contributed by atoms with van der Waals surface area (Å²) >= 11 is 0. The first-order valence-electron chi connectivity index (χ1n) is 9.93. The van der Waals surface area contributed by atoms with Crippen molar-refractivity contribution in [2.45, 2.75) is 52.4 Å². The molecule has 3 aromatic rings. The monoisotopic (exact) mass is 455 g/mol. The van der Waals surface area contributed by atoms with Crippen LogP contribution in [0.4, 0.5) is 13.2 Å². The summed E-state index contributed by atoms with van der Waals surface area (Å²) in [6.45, 7) is 6.67. The molecule has 0 radical (unpaired) electrons. The number of hydrogen-bond donors (Lipinski definition) is 1. The third-order valence-corrected chi connectivity index (χ3v) is 4.76. The maximum atomic E-state index is 10.6. The van der Waals surface area contributed by atoms with Crippen molar-refractivity contribution >= 4 is 5.97 Å². The Balaban J connectivity index is 0.000000360. The van der Waals surface area contributed by atoms with Crippen molar-refractivity contribution < 1.29 is 36.6 Å². The summed E-state index contributed by atoms with van der Waals surface area (Å²) in [6.07, 6.45) is -0.382. The molecule has 32 heavy (non-hydrogen) atoms. The van der Waals surface area contributed by atoms with E-state index in [-0.39, 0.29) is 0 Å². The second-order valence-corrected chi connectivity index (χ2v) is 7.28. The van der Waals surface area contributed by atoms with Crippen LogP contribution in [0.1, 0.15) is 35.1 Å². The average Bonchev–Trinajstić information content (AvgIpc) is 3.43. The highest BCUT2D eigenvalue weighted by Gasteiger charge is 2.38. The lowest BCUT2D eigenvalue weighted by Gasteiger charge is -2.18. The molecule has 0 bridgehead atoms. The van der Waals surface area contributed by atoms with Crippen LogP contribution >= 0.6 is 0 Å². The van der Waals surface area contributed by atoms with E-state index in [9.17, 15) is 13.2 Å². The first kappa shape index (κ1) is 23.6. The number of halogens is 3. The first-order chi connectivity index (χ1) is 15.2. The topological polar surface area (TPSA) is 93.9 Å². The number of hydrogen-bond acceptors (Lipinski definition) is 6. The van der Waals surface area contributed by atoms with E-state index in [2.05, 4.69) is 20.5 Å². The van der Waals surface area contributed by atoms with Gasteiger partial charge in [0, 0.05) is 19.6 Å². The van der Waals surface area contributed by atoms with Crippen LogP contribution in [0.25, 0.3) is 0 Å². The third kappa shape index (κ3) is 6.72. The molecule has 0 saturated carbocycles. The van der Waals surface area contributed by atoms with Gasteiger partial charge in [0.1, 0.15) is 23.9 Å². The van der Waals surface area contributed by atoms with Crippen molar-refractivity contribution in [1.82, 2.24) is 14.5 Å². The number of ether oxygens (including phenoxy) is 1. The van der Waals surface area contributed by atoms with Gasteiger partial charge in [0.25, 0.3) is 0 Å². The van der Waals surface area contributed by atoms with Gasteiger partial charge in [-0.25, -0.2) is 9.78 Å². The van der Waals surface area contributed by atoms with Crippen LogP contribution < -0.4 is 0 Å². The molecule has 0 saturated heterocycles. The quantitative estimate of drug-likeness (QED) is 0.597. The van der Waals surface area contributed by atoms with Crippen molar-refractivity contribution in [3.05, 3.63) is 65.5 Å². The molecule has 174 valence electrons. The number of aryl methyl sites for hydroxylation is 2.